The summed E-state index contributed by atoms with van der Waals surface area (Å²) in [7, 11) is 0. The molecule has 0 aromatic rings. The number of carbonyl (C=O) groups excluding carboxylic acids is 1. The van der Waals surface area contributed by atoms with Crippen molar-refractivity contribution in [2.75, 3.05) is 32.7 Å². The zero-order valence-corrected chi connectivity index (χ0v) is 12.2. The van der Waals surface area contributed by atoms with E-state index in [0.29, 0.717) is 5.92 Å². The molecular formula is C14H29N3O. The van der Waals surface area contributed by atoms with Crippen molar-refractivity contribution in [2.24, 2.45) is 11.7 Å². The van der Waals surface area contributed by atoms with E-state index in [2.05, 4.69) is 4.90 Å². The average Bonchev–Trinajstić information content (AvgIpc) is 2.40. The van der Waals surface area contributed by atoms with Crippen LogP contribution in [0.2, 0.25) is 0 Å². The Labute approximate surface area is 111 Å². The van der Waals surface area contributed by atoms with Crippen LogP contribution in [0.15, 0.2) is 0 Å². The molecule has 4 nitrogen and oxygen atoms in total. The van der Waals surface area contributed by atoms with Crippen LogP contribution in [0.1, 0.15) is 40.0 Å². The largest absolute Gasteiger partial charge is 0.342 e. The van der Waals surface area contributed by atoms with Gasteiger partial charge in [-0.25, -0.2) is 0 Å². The van der Waals surface area contributed by atoms with Gasteiger partial charge in [-0.1, -0.05) is 0 Å². The monoisotopic (exact) mass is 255 g/mol. The van der Waals surface area contributed by atoms with Crippen LogP contribution in [-0.4, -0.2) is 54.5 Å². The standard InChI is InChI=1S/C14H29N3O/c1-4-16(5-2)14(18)12(3)17-10-6-7-13(11-17)8-9-15/h12-13H,4-11,15H2,1-3H3. The number of likely N-dealkylation sites (N-methyl/N-ethyl adjacent to an activating group) is 1. The molecule has 1 rings (SSSR count). The quantitative estimate of drug-likeness (QED) is 0.778. The molecule has 2 N–H and O–H groups in total. The molecular weight excluding hydrogens is 226 g/mol. The predicted molar refractivity (Wildman–Crippen MR) is 75.4 cm³/mol. The molecule has 1 amide bonds. The number of piperidine rings is 1. The minimum atomic E-state index is 0.0190. The van der Waals surface area contributed by atoms with Crippen molar-refractivity contribution in [3.05, 3.63) is 0 Å². The van der Waals surface area contributed by atoms with Crippen molar-refractivity contribution in [3.8, 4) is 0 Å². The minimum absolute atomic E-state index is 0.0190. The molecule has 2 atom stereocenters. The van der Waals surface area contributed by atoms with Crippen molar-refractivity contribution in [3.63, 3.8) is 0 Å². The van der Waals surface area contributed by atoms with Crippen LogP contribution in [0.25, 0.3) is 0 Å². The fraction of sp³-hybridized carbons (Fsp3) is 0.929. The van der Waals surface area contributed by atoms with E-state index in [1.54, 1.807) is 0 Å². The van der Waals surface area contributed by atoms with Crippen molar-refractivity contribution in [2.45, 2.75) is 46.1 Å². The Morgan fingerprint density at radius 1 is 1.44 bits per heavy atom. The van der Waals surface area contributed by atoms with E-state index in [0.717, 1.165) is 39.1 Å². The first kappa shape index (κ1) is 15.4. The third-order valence-corrected chi connectivity index (χ3v) is 4.11. The summed E-state index contributed by atoms with van der Waals surface area (Å²) in [6.07, 6.45) is 3.54. The first-order chi connectivity index (χ1) is 8.63. The fourth-order valence-electron chi connectivity index (χ4n) is 2.88. The van der Waals surface area contributed by atoms with Crippen LogP contribution >= 0.6 is 0 Å². The van der Waals surface area contributed by atoms with E-state index in [9.17, 15) is 4.79 Å². The number of likely N-dealkylation sites (tertiary alicyclic amines) is 1. The lowest BCUT2D eigenvalue weighted by atomic mass is 9.94. The number of hydrogen-bond donors (Lipinski definition) is 1. The summed E-state index contributed by atoms with van der Waals surface area (Å²) in [6.45, 7) is 10.6. The summed E-state index contributed by atoms with van der Waals surface area (Å²) >= 11 is 0. The molecule has 0 saturated carbocycles. The third kappa shape index (κ3) is 3.95. The minimum Gasteiger partial charge on any atom is -0.342 e. The molecule has 1 fully saturated rings. The van der Waals surface area contributed by atoms with Gasteiger partial charge < -0.3 is 10.6 Å². The number of nitrogens with zero attached hydrogens (tertiary/aromatic N) is 2. The van der Waals surface area contributed by atoms with Gasteiger partial charge in [0.2, 0.25) is 5.91 Å². The van der Waals surface area contributed by atoms with Crippen LogP contribution in [0.3, 0.4) is 0 Å². The van der Waals surface area contributed by atoms with Gasteiger partial charge in [0, 0.05) is 19.6 Å². The molecule has 2 unspecified atom stereocenters. The molecule has 0 aromatic carbocycles. The molecule has 1 heterocycles. The van der Waals surface area contributed by atoms with Crippen LogP contribution in [0.4, 0.5) is 0 Å². The van der Waals surface area contributed by atoms with E-state index >= 15 is 0 Å². The SMILES string of the molecule is CCN(CC)C(=O)C(C)N1CCCC(CCN)C1. The van der Waals surface area contributed by atoms with Crippen LogP contribution in [-0.2, 0) is 4.79 Å². The zero-order chi connectivity index (χ0) is 13.5. The molecule has 1 saturated heterocycles. The first-order valence-electron chi connectivity index (χ1n) is 7.36. The Kier molecular flexibility index (Phi) is 6.65. The van der Waals surface area contributed by atoms with Gasteiger partial charge >= 0.3 is 0 Å². The highest BCUT2D eigenvalue weighted by atomic mass is 16.2. The summed E-state index contributed by atoms with van der Waals surface area (Å²) in [6, 6.07) is 0.0190. The number of amides is 1. The number of nitrogens with two attached hydrogens (primary N) is 1. The highest BCUT2D eigenvalue weighted by Crippen LogP contribution is 2.21. The van der Waals surface area contributed by atoms with Gasteiger partial charge in [0.15, 0.2) is 0 Å². The normalized spacial score (nSPS) is 22.8. The topological polar surface area (TPSA) is 49.6 Å². The highest BCUT2D eigenvalue weighted by Gasteiger charge is 2.28. The van der Waals surface area contributed by atoms with Gasteiger partial charge in [-0.2, -0.15) is 0 Å². The first-order valence-corrected chi connectivity index (χ1v) is 7.36. The lowest BCUT2D eigenvalue weighted by Crippen LogP contribution is -2.50. The summed E-state index contributed by atoms with van der Waals surface area (Å²) in [5, 5.41) is 0. The van der Waals surface area contributed by atoms with Gasteiger partial charge in [0.25, 0.3) is 0 Å². The van der Waals surface area contributed by atoms with Crippen LogP contribution in [0.5, 0.6) is 0 Å². The zero-order valence-electron chi connectivity index (χ0n) is 12.2. The number of hydrogen-bond acceptors (Lipinski definition) is 3. The Morgan fingerprint density at radius 3 is 2.67 bits per heavy atom. The van der Waals surface area contributed by atoms with Gasteiger partial charge in [-0.05, 0) is 59.0 Å². The Bertz CT molecular complexity index is 251. The molecule has 106 valence electrons. The smallest absolute Gasteiger partial charge is 0.239 e. The number of carbonyl (C=O) groups is 1. The van der Waals surface area contributed by atoms with Gasteiger partial charge in [-0.3, -0.25) is 9.69 Å². The molecule has 0 aliphatic carbocycles. The summed E-state index contributed by atoms with van der Waals surface area (Å²) in [4.78, 5) is 16.6. The van der Waals surface area contributed by atoms with Crippen LogP contribution < -0.4 is 5.73 Å². The summed E-state index contributed by atoms with van der Waals surface area (Å²) in [5.74, 6) is 0.948. The maximum Gasteiger partial charge on any atom is 0.239 e. The molecule has 1 aliphatic rings. The Hall–Kier alpha value is -0.610. The van der Waals surface area contributed by atoms with Crippen molar-refractivity contribution in [1.29, 1.82) is 0 Å². The van der Waals surface area contributed by atoms with E-state index in [1.165, 1.54) is 12.8 Å². The van der Waals surface area contributed by atoms with Gasteiger partial charge in [-0.15, -0.1) is 0 Å². The van der Waals surface area contributed by atoms with Gasteiger partial charge in [0.1, 0.15) is 0 Å². The second-order valence-electron chi connectivity index (χ2n) is 5.27. The molecule has 0 aromatic heterocycles. The lowest BCUT2D eigenvalue weighted by molar-refractivity contribution is -0.136. The van der Waals surface area contributed by atoms with Crippen molar-refractivity contribution < 1.29 is 4.79 Å². The van der Waals surface area contributed by atoms with Gasteiger partial charge in [0.05, 0.1) is 6.04 Å². The van der Waals surface area contributed by atoms with Crippen molar-refractivity contribution >= 4 is 5.91 Å². The lowest BCUT2D eigenvalue weighted by Gasteiger charge is -2.37. The second-order valence-corrected chi connectivity index (χ2v) is 5.27. The molecule has 0 spiro atoms. The molecule has 4 heteroatoms. The van der Waals surface area contributed by atoms with E-state index in [-0.39, 0.29) is 11.9 Å². The highest BCUT2D eigenvalue weighted by molar-refractivity contribution is 5.81. The molecule has 1 aliphatic heterocycles. The molecule has 0 radical (unpaired) electrons. The van der Waals surface area contributed by atoms with E-state index in [1.807, 2.05) is 25.7 Å². The van der Waals surface area contributed by atoms with Crippen LogP contribution in [0, 0.1) is 5.92 Å². The second kappa shape index (κ2) is 7.74. The summed E-state index contributed by atoms with van der Waals surface area (Å²) < 4.78 is 0. The van der Waals surface area contributed by atoms with Crippen molar-refractivity contribution in [1.82, 2.24) is 9.80 Å². The average molecular weight is 255 g/mol. The predicted octanol–water partition coefficient (Wildman–Crippen LogP) is 1.30. The maximum absolute atomic E-state index is 12.3. The Balaban J connectivity index is 2.54. The maximum atomic E-state index is 12.3. The molecule has 18 heavy (non-hydrogen) atoms. The molecule has 0 bridgehead atoms. The van der Waals surface area contributed by atoms with E-state index < -0.39 is 0 Å². The van der Waals surface area contributed by atoms with E-state index in [4.69, 9.17) is 5.73 Å². The number of rotatable bonds is 6. The Morgan fingerprint density at radius 2 is 2.11 bits per heavy atom. The third-order valence-electron chi connectivity index (χ3n) is 4.11. The summed E-state index contributed by atoms with van der Waals surface area (Å²) in [5.41, 5.74) is 5.64. The fourth-order valence-corrected chi connectivity index (χ4v) is 2.88.